The first-order chi connectivity index (χ1) is 13.7. The van der Waals surface area contributed by atoms with Gasteiger partial charge < -0.3 is 9.47 Å². The van der Waals surface area contributed by atoms with Gasteiger partial charge in [0.15, 0.2) is 16.3 Å². The maximum atomic E-state index is 12.4. The van der Waals surface area contributed by atoms with E-state index >= 15 is 0 Å². The van der Waals surface area contributed by atoms with Gasteiger partial charge in [-0.25, -0.2) is 0 Å². The quantitative estimate of drug-likeness (QED) is 0.623. The molecule has 4 rings (SSSR count). The van der Waals surface area contributed by atoms with Gasteiger partial charge in [-0.05, 0) is 36.8 Å². The Kier molecular flexibility index (Phi) is 5.50. The molecule has 0 spiro atoms. The van der Waals surface area contributed by atoms with Crippen LogP contribution >= 0.6 is 22.9 Å². The molecular weight excluding hydrogens is 396 g/mol. The van der Waals surface area contributed by atoms with Crippen LogP contribution in [0.4, 0.5) is 0 Å². The van der Waals surface area contributed by atoms with Gasteiger partial charge in [0.05, 0.1) is 17.7 Å². The minimum atomic E-state index is 0.0123. The van der Waals surface area contributed by atoms with Gasteiger partial charge in [-0.3, -0.25) is 14.4 Å². The zero-order valence-corrected chi connectivity index (χ0v) is 16.9. The number of hydrogen-bond donors (Lipinski definition) is 0. The summed E-state index contributed by atoms with van der Waals surface area (Å²) in [4.78, 5) is 17.6. The number of benzene rings is 2. The third-order valence-electron chi connectivity index (χ3n) is 4.37. The molecule has 0 unspecified atom stereocenters. The van der Waals surface area contributed by atoms with Crippen LogP contribution in [0.3, 0.4) is 0 Å². The molecule has 28 heavy (non-hydrogen) atoms. The van der Waals surface area contributed by atoms with Gasteiger partial charge in [0, 0.05) is 17.1 Å². The van der Waals surface area contributed by atoms with E-state index in [9.17, 15) is 4.79 Å². The molecule has 0 radical (unpaired) electrons. The molecule has 3 aromatic rings. The maximum Gasteiger partial charge on any atom is 0.270 e. The number of halogens is 1. The molecule has 0 saturated heterocycles. The molecule has 0 atom stereocenters. The normalized spacial score (nSPS) is 13.3. The summed E-state index contributed by atoms with van der Waals surface area (Å²) < 4.78 is 14.1. The summed E-state index contributed by atoms with van der Waals surface area (Å²) in [6.07, 6.45) is 1.87. The van der Waals surface area contributed by atoms with Crippen LogP contribution < -0.4 is 24.4 Å². The van der Waals surface area contributed by atoms with Crippen molar-refractivity contribution in [2.45, 2.75) is 20.1 Å². The SMILES string of the molecule is CCOc1cc(C=c2sc3n(c2=O)CCN=3)ccc1OCc1ccccc1Cl. The fourth-order valence-electron chi connectivity index (χ4n) is 2.99. The molecule has 1 aliphatic rings. The van der Waals surface area contributed by atoms with Crippen LogP contribution in [0.1, 0.15) is 18.1 Å². The van der Waals surface area contributed by atoms with Crippen LogP contribution in [-0.2, 0) is 13.2 Å². The highest BCUT2D eigenvalue weighted by atomic mass is 35.5. The highest BCUT2D eigenvalue weighted by Crippen LogP contribution is 2.30. The van der Waals surface area contributed by atoms with Crippen molar-refractivity contribution in [1.82, 2.24) is 4.57 Å². The predicted molar refractivity (Wildman–Crippen MR) is 111 cm³/mol. The lowest BCUT2D eigenvalue weighted by Gasteiger charge is -2.13. The van der Waals surface area contributed by atoms with Gasteiger partial charge in [-0.15, -0.1) is 0 Å². The molecule has 144 valence electrons. The van der Waals surface area contributed by atoms with Gasteiger partial charge >= 0.3 is 0 Å². The Morgan fingerprint density at radius 1 is 1.21 bits per heavy atom. The standard InChI is InChI=1S/C21H19ClN2O3S/c1-2-26-18-11-14(12-19-20(25)24-10-9-23-21(24)28-19)7-8-17(18)27-13-15-5-3-4-6-16(15)22/h3-8,11-12H,2,9-10,13H2,1H3. The Labute approximate surface area is 171 Å². The lowest BCUT2D eigenvalue weighted by molar-refractivity contribution is 0.269. The summed E-state index contributed by atoms with van der Waals surface area (Å²) in [5, 5.41) is 0.669. The first kappa shape index (κ1) is 18.8. The molecule has 0 bridgehead atoms. The van der Waals surface area contributed by atoms with Crippen molar-refractivity contribution in [2.75, 3.05) is 13.2 Å². The molecule has 1 aromatic heterocycles. The topological polar surface area (TPSA) is 52.8 Å². The van der Waals surface area contributed by atoms with Crippen LogP contribution in [0.25, 0.3) is 6.08 Å². The van der Waals surface area contributed by atoms with E-state index in [1.165, 1.54) is 11.3 Å². The zero-order valence-electron chi connectivity index (χ0n) is 15.4. The molecule has 2 heterocycles. The predicted octanol–water partition coefficient (Wildman–Crippen LogP) is 3.00. The largest absolute Gasteiger partial charge is 0.490 e. The van der Waals surface area contributed by atoms with E-state index in [1.54, 1.807) is 4.57 Å². The number of rotatable bonds is 6. The first-order valence-electron chi connectivity index (χ1n) is 9.04. The van der Waals surface area contributed by atoms with Crippen molar-refractivity contribution >= 4 is 29.0 Å². The van der Waals surface area contributed by atoms with E-state index in [0.29, 0.717) is 47.4 Å². The van der Waals surface area contributed by atoms with Crippen LogP contribution in [0.5, 0.6) is 11.5 Å². The van der Waals surface area contributed by atoms with Crippen molar-refractivity contribution in [3.8, 4) is 11.5 Å². The number of thiazole rings is 1. The molecule has 0 saturated carbocycles. The second-order valence-electron chi connectivity index (χ2n) is 6.25. The lowest BCUT2D eigenvalue weighted by Crippen LogP contribution is -2.29. The van der Waals surface area contributed by atoms with Gasteiger partial charge in [-0.2, -0.15) is 0 Å². The highest BCUT2D eigenvalue weighted by Gasteiger charge is 2.11. The zero-order chi connectivity index (χ0) is 19.5. The molecule has 7 heteroatoms. The molecule has 0 N–H and O–H groups in total. The third kappa shape index (κ3) is 3.84. The molecule has 0 fully saturated rings. The molecule has 2 aromatic carbocycles. The number of nitrogens with zero attached hydrogens (tertiary/aromatic N) is 2. The fraction of sp³-hybridized carbons (Fsp3) is 0.238. The Balaban J connectivity index is 1.63. The summed E-state index contributed by atoms with van der Waals surface area (Å²) in [5.41, 5.74) is 1.80. The fourth-order valence-corrected chi connectivity index (χ4v) is 4.21. The highest BCUT2D eigenvalue weighted by molar-refractivity contribution is 7.07. The average molecular weight is 415 g/mol. The monoisotopic (exact) mass is 414 g/mol. The Morgan fingerprint density at radius 3 is 2.86 bits per heavy atom. The molecule has 0 aliphatic carbocycles. The minimum Gasteiger partial charge on any atom is -0.490 e. The van der Waals surface area contributed by atoms with Gasteiger partial charge in [0.25, 0.3) is 5.56 Å². The van der Waals surface area contributed by atoms with Crippen LogP contribution in [0.2, 0.25) is 5.02 Å². The van der Waals surface area contributed by atoms with E-state index in [0.717, 1.165) is 15.9 Å². The van der Waals surface area contributed by atoms with Crippen LogP contribution in [0, 0.1) is 0 Å². The maximum absolute atomic E-state index is 12.4. The van der Waals surface area contributed by atoms with E-state index < -0.39 is 0 Å². The van der Waals surface area contributed by atoms with E-state index in [-0.39, 0.29) is 5.56 Å². The van der Waals surface area contributed by atoms with E-state index in [4.69, 9.17) is 21.1 Å². The van der Waals surface area contributed by atoms with E-state index in [2.05, 4.69) is 4.99 Å². The van der Waals surface area contributed by atoms with Gasteiger partial charge in [-0.1, -0.05) is 47.2 Å². The number of fused-ring (bicyclic) bond motifs is 1. The lowest BCUT2D eigenvalue weighted by atomic mass is 10.2. The summed E-state index contributed by atoms with van der Waals surface area (Å²) >= 11 is 7.62. The molecule has 5 nitrogen and oxygen atoms in total. The third-order valence-corrected chi connectivity index (χ3v) is 5.78. The molecule has 1 aliphatic heterocycles. The second kappa shape index (κ2) is 8.20. The Hall–Kier alpha value is -2.57. The number of hydrogen-bond acceptors (Lipinski definition) is 5. The van der Waals surface area contributed by atoms with Crippen molar-refractivity contribution in [3.05, 3.63) is 78.3 Å². The van der Waals surface area contributed by atoms with Gasteiger partial charge in [0.1, 0.15) is 6.61 Å². The van der Waals surface area contributed by atoms with E-state index in [1.807, 2.05) is 55.5 Å². The second-order valence-corrected chi connectivity index (χ2v) is 7.67. The summed E-state index contributed by atoms with van der Waals surface area (Å²) in [5.74, 6) is 1.27. The first-order valence-corrected chi connectivity index (χ1v) is 10.2. The summed E-state index contributed by atoms with van der Waals surface area (Å²) in [6.45, 7) is 4.14. The van der Waals surface area contributed by atoms with Crippen molar-refractivity contribution in [3.63, 3.8) is 0 Å². The summed E-state index contributed by atoms with van der Waals surface area (Å²) in [6, 6.07) is 13.2. The van der Waals surface area contributed by atoms with Crippen molar-refractivity contribution in [2.24, 2.45) is 4.99 Å². The molecule has 0 amide bonds. The van der Waals surface area contributed by atoms with Crippen LogP contribution in [-0.4, -0.2) is 17.7 Å². The average Bonchev–Trinajstić information content (AvgIpc) is 3.26. The number of aromatic nitrogens is 1. The minimum absolute atomic E-state index is 0.0123. The van der Waals surface area contributed by atoms with Crippen molar-refractivity contribution in [1.29, 1.82) is 0 Å². The van der Waals surface area contributed by atoms with Gasteiger partial charge in [0.2, 0.25) is 0 Å². The Morgan fingerprint density at radius 2 is 2.07 bits per heavy atom. The summed E-state index contributed by atoms with van der Waals surface area (Å²) in [7, 11) is 0. The number of ether oxygens (including phenoxy) is 2. The smallest absolute Gasteiger partial charge is 0.270 e. The Bertz CT molecular complexity index is 1180. The van der Waals surface area contributed by atoms with Crippen molar-refractivity contribution < 1.29 is 9.47 Å². The molecular formula is C21H19ClN2O3S. The van der Waals surface area contributed by atoms with Crippen LogP contribution in [0.15, 0.2) is 52.3 Å².